The van der Waals surface area contributed by atoms with E-state index in [9.17, 15) is 0 Å². The number of nitrogen functional groups attached to an aromatic ring is 1. The Morgan fingerprint density at radius 2 is 1.93 bits per heavy atom. The highest BCUT2D eigenvalue weighted by Crippen LogP contribution is 2.13. The van der Waals surface area contributed by atoms with Gasteiger partial charge in [-0.2, -0.15) is 0 Å². The maximum Gasteiger partial charge on any atom is 0.0594 e. The lowest BCUT2D eigenvalue weighted by Gasteiger charge is -2.26. The van der Waals surface area contributed by atoms with Crippen LogP contribution in [0, 0.1) is 0 Å². The quantitative estimate of drug-likeness (QED) is 0.713. The number of ether oxygens (including phenoxy) is 1. The average molecular weight is 192 g/mol. The van der Waals surface area contributed by atoms with Crippen molar-refractivity contribution in [3.8, 4) is 0 Å². The zero-order valence-electron chi connectivity index (χ0n) is 8.28. The van der Waals surface area contributed by atoms with Crippen LogP contribution in [0.15, 0.2) is 24.3 Å². The van der Waals surface area contributed by atoms with E-state index >= 15 is 0 Å². The number of hydrogen-bond donors (Lipinski definition) is 1. The highest BCUT2D eigenvalue weighted by Gasteiger charge is 2.11. The SMILES string of the molecule is Nc1ccccc1CN1CCOCC1. The van der Waals surface area contributed by atoms with Gasteiger partial charge >= 0.3 is 0 Å². The minimum absolute atomic E-state index is 0.840. The van der Waals surface area contributed by atoms with Crippen molar-refractivity contribution in [2.75, 3.05) is 32.0 Å². The zero-order chi connectivity index (χ0) is 9.80. The summed E-state index contributed by atoms with van der Waals surface area (Å²) in [4.78, 5) is 2.37. The van der Waals surface area contributed by atoms with Crippen LogP contribution >= 0.6 is 0 Å². The fourth-order valence-corrected chi connectivity index (χ4v) is 1.68. The van der Waals surface area contributed by atoms with Gasteiger partial charge in [-0.25, -0.2) is 0 Å². The second-order valence-electron chi connectivity index (χ2n) is 3.59. The fraction of sp³-hybridized carbons (Fsp3) is 0.455. The first-order chi connectivity index (χ1) is 6.86. The fourth-order valence-electron chi connectivity index (χ4n) is 1.68. The monoisotopic (exact) mass is 192 g/mol. The largest absolute Gasteiger partial charge is 0.398 e. The van der Waals surface area contributed by atoms with Crippen molar-refractivity contribution in [3.05, 3.63) is 29.8 Å². The Hall–Kier alpha value is -1.06. The third-order valence-electron chi connectivity index (χ3n) is 2.55. The van der Waals surface area contributed by atoms with E-state index in [0.29, 0.717) is 0 Å². The van der Waals surface area contributed by atoms with E-state index in [1.54, 1.807) is 0 Å². The van der Waals surface area contributed by atoms with Gasteiger partial charge in [-0.15, -0.1) is 0 Å². The van der Waals surface area contributed by atoms with Crippen LogP contribution in [0.3, 0.4) is 0 Å². The molecule has 0 radical (unpaired) electrons. The van der Waals surface area contributed by atoms with Gasteiger partial charge in [0.1, 0.15) is 0 Å². The maximum atomic E-state index is 5.88. The zero-order valence-corrected chi connectivity index (χ0v) is 8.28. The van der Waals surface area contributed by atoms with Crippen LogP contribution in [-0.2, 0) is 11.3 Å². The molecule has 0 aliphatic carbocycles. The van der Waals surface area contributed by atoms with Crippen molar-refractivity contribution in [1.29, 1.82) is 0 Å². The predicted octanol–water partition coefficient (Wildman–Crippen LogP) is 1.10. The molecule has 0 amide bonds. The molecule has 1 aliphatic heterocycles. The third-order valence-corrected chi connectivity index (χ3v) is 2.55. The molecule has 1 heterocycles. The minimum atomic E-state index is 0.840. The van der Waals surface area contributed by atoms with Crippen LogP contribution in [0.4, 0.5) is 5.69 Å². The standard InChI is InChI=1S/C11H16N2O/c12-11-4-2-1-3-10(11)9-13-5-7-14-8-6-13/h1-4H,5-9,12H2. The third kappa shape index (κ3) is 2.25. The van der Waals surface area contributed by atoms with Gasteiger partial charge in [0, 0.05) is 25.3 Å². The van der Waals surface area contributed by atoms with E-state index in [2.05, 4.69) is 11.0 Å². The van der Waals surface area contributed by atoms with Crippen LogP contribution in [0.25, 0.3) is 0 Å². The molecule has 76 valence electrons. The molecular weight excluding hydrogens is 176 g/mol. The molecule has 3 nitrogen and oxygen atoms in total. The lowest BCUT2D eigenvalue weighted by atomic mass is 10.1. The normalized spacial score (nSPS) is 18.3. The van der Waals surface area contributed by atoms with Gasteiger partial charge in [0.25, 0.3) is 0 Å². The molecule has 0 spiro atoms. The Bertz CT molecular complexity index is 295. The van der Waals surface area contributed by atoms with Crippen LogP contribution in [0.5, 0.6) is 0 Å². The van der Waals surface area contributed by atoms with E-state index in [0.717, 1.165) is 38.5 Å². The molecule has 3 heteroatoms. The van der Waals surface area contributed by atoms with Gasteiger partial charge in [0.05, 0.1) is 13.2 Å². The summed E-state index contributed by atoms with van der Waals surface area (Å²) in [6, 6.07) is 8.05. The molecule has 2 N–H and O–H groups in total. The summed E-state index contributed by atoms with van der Waals surface area (Å²) in [6.07, 6.45) is 0. The van der Waals surface area contributed by atoms with Gasteiger partial charge in [-0.1, -0.05) is 18.2 Å². The van der Waals surface area contributed by atoms with E-state index < -0.39 is 0 Å². The number of nitrogens with zero attached hydrogens (tertiary/aromatic N) is 1. The highest BCUT2D eigenvalue weighted by molar-refractivity contribution is 5.46. The molecule has 1 aromatic rings. The summed E-state index contributed by atoms with van der Waals surface area (Å²) in [5, 5.41) is 0. The van der Waals surface area contributed by atoms with Crippen LogP contribution in [0.2, 0.25) is 0 Å². The second-order valence-corrected chi connectivity index (χ2v) is 3.59. The maximum absolute atomic E-state index is 5.88. The van der Waals surface area contributed by atoms with Crippen molar-refractivity contribution < 1.29 is 4.74 Å². The number of nitrogens with two attached hydrogens (primary N) is 1. The molecule has 1 aromatic carbocycles. The lowest BCUT2D eigenvalue weighted by molar-refractivity contribution is 0.0343. The molecule has 0 bridgehead atoms. The molecule has 0 unspecified atom stereocenters. The number of benzene rings is 1. The van der Waals surface area contributed by atoms with Crippen molar-refractivity contribution in [2.24, 2.45) is 0 Å². The molecule has 1 saturated heterocycles. The van der Waals surface area contributed by atoms with Crippen molar-refractivity contribution in [1.82, 2.24) is 4.90 Å². The van der Waals surface area contributed by atoms with Crippen molar-refractivity contribution >= 4 is 5.69 Å². The van der Waals surface area contributed by atoms with Gasteiger partial charge in [0.15, 0.2) is 0 Å². The lowest BCUT2D eigenvalue weighted by Crippen LogP contribution is -2.35. The summed E-state index contributed by atoms with van der Waals surface area (Å²) in [7, 11) is 0. The highest BCUT2D eigenvalue weighted by atomic mass is 16.5. The Labute approximate surface area is 84.5 Å². The molecule has 0 saturated carbocycles. The molecule has 2 rings (SSSR count). The Kier molecular flexibility index (Phi) is 3.01. The van der Waals surface area contributed by atoms with Gasteiger partial charge in [0.2, 0.25) is 0 Å². The average Bonchev–Trinajstić information content (AvgIpc) is 2.23. The van der Waals surface area contributed by atoms with E-state index in [1.807, 2.05) is 18.2 Å². The number of anilines is 1. The van der Waals surface area contributed by atoms with Crippen LogP contribution < -0.4 is 5.73 Å². The van der Waals surface area contributed by atoms with E-state index in [1.165, 1.54) is 5.56 Å². The Morgan fingerprint density at radius 3 is 2.64 bits per heavy atom. The molecule has 1 aliphatic rings. The van der Waals surface area contributed by atoms with Crippen LogP contribution in [0.1, 0.15) is 5.56 Å². The summed E-state index contributed by atoms with van der Waals surface area (Å²) >= 11 is 0. The first-order valence-corrected chi connectivity index (χ1v) is 5.00. The minimum Gasteiger partial charge on any atom is -0.398 e. The topological polar surface area (TPSA) is 38.5 Å². The number of para-hydroxylation sites is 1. The summed E-state index contributed by atoms with van der Waals surface area (Å²) in [5.74, 6) is 0. The van der Waals surface area contributed by atoms with Crippen LogP contribution in [-0.4, -0.2) is 31.2 Å². The first-order valence-electron chi connectivity index (χ1n) is 5.00. The van der Waals surface area contributed by atoms with E-state index in [4.69, 9.17) is 10.5 Å². The Morgan fingerprint density at radius 1 is 1.21 bits per heavy atom. The summed E-state index contributed by atoms with van der Waals surface area (Å²) in [5.41, 5.74) is 7.98. The first kappa shape index (κ1) is 9.49. The second kappa shape index (κ2) is 4.44. The summed E-state index contributed by atoms with van der Waals surface area (Å²) in [6.45, 7) is 4.64. The van der Waals surface area contributed by atoms with Gasteiger partial charge in [-0.3, -0.25) is 4.90 Å². The van der Waals surface area contributed by atoms with E-state index in [-0.39, 0.29) is 0 Å². The molecule has 0 atom stereocenters. The number of rotatable bonds is 2. The number of morpholine rings is 1. The van der Waals surface area contributed by atoms with Crippen molar-refractivity contribution in [3.63, 3.8) is 0 Å². The number of hydrogen-bond acceptors (Lipinski definition) is 3. The molecule has 0 aromatic heterocycles. The predicted molar refractivity (Wildman–Crippen MR) is 57.0 cm³/mol. The molecule has 14 heavy (non-hydrogen) atoms. The summed E-state index contributed by atoms with van der Waals surface area (Å²) < 4.78 is 5.29. The van der Waals surface area contributed by atoms with Gasteiger partial charge in [-0.05, 0) is 11.6 Å². The molecule has 1 fully saturated rings. The van der Waals surface area contributed by atoms with Crippen molar-refractivity contribution in [2.45, 2.75) is 6.54 Å². The Balaban J connectivity index is 1.99. The molecular formula is C11H16N2O. The van der Waals surface area contributed by atoms with Gasteiger partial charge < -0.3 is 10.5 Å². The smallest absolute Gasteiger partial charge is 0.0594 e.